The molecule has 9 rings (SSSR count). The topological polar surface area (TPSA) is 98.6 Å². The summed E-state index contributed by atoms with van der Waals surface area (Å²) in [5.41, 5.74) is 9.32. The second-order valence-electron chi connectivity index (χ2n) is 13.3. The van der Waals surface area contributed by atoms with Gasteiger partial charge in [0.15, 0.2) is 11.4 Å². The highest BCUT2D eigenvalue weighted by Crippen LogP contribution is 2.41. The molecule has 0 atom stereocenters. The average Bonchev–Trinajstić information content (AvgIpc) is 3.72. The Morgan fingerprint density at radius 2 is 1.05 bits per heavy atom. The lowest BCUT2D eigenvalue weighted by molar-refractivity contribution is 0.0926. The van der Waals surface area contributed by atoms with Crippen molar-refractivity contribution in [3.63, 3.8) is 0 Å². The lowest BCUT2D eigenvalue weighted by Gasteiger charge is -2.16. The van der Waals surface area contributed by atoms with Crippen molar-refractivity contribution >= 4 is 50.7 Å². The molecule has 0 spiro atoms. The highest BCUT2D eigenvalue weighted by Gasteiger charge is 2.39. The van der Waals surface area contributed by atoms with Crippen LogP contribution in [0.15, 0.2) is 146 Å². The minimum absolute atomic E-state index is 0.279. The molecule has 0 N–H and O–H groups in total. The molecule has 8 nitrogen and oxygen atoms in total. The van der Waals surface area contributed by atoms with Gasteiger partial charge in [-0.15, -0.1) is 0 Å². The zero-order chi connectivity index (χ0) is 38.5. The molecule has 8 aromatic rings. The van der Waals surface area contributed by atoms with E-state index in [0.29, 0.717) is 50.6 Å². The number of hydrogen-bond donors (Lipinski definition) is 0. The van der Waals surface area contributed by atoms with Gasteiger partial charge in [-0.2, -0.15) is 10.5 Å². The predicted octanol–water partition coefficient (Wildman–Crippen LogP) is 11.4. The first-order valence-corrected chi connectivity index (χ1v) is 17.5. The number of anilines is 1. The highest BCUT2D eigenvalue weighted by molar-refractivity contribution is 6.36. The number of hydrogen-bond acceptors (Lipinski definition) is 4. The van der Waals surface area contributed by atoms with Gasteiger partial charge >= 0.3 is 0 Å². The normalized spacial score (nSPS) is 11.9. The van der Waals surface area contributed by atoms with Gasteiger partial charge in [0.1, 0.15) is 0 Å². The molecule has 0 radical (unpaired) electrons. The van der Waals surface area contributed by atoms with Crippen LogP contribution in [0.1, 0.15) is 31.8 Å². The van der Waals surface area contributed by atoms with E-state index >= 15 is 0 Å². The fourth-order valence-electron chi connectivity index (χ4n) is 7.60. The molecule has 0 saturated carbocycles. The molecule has 0 fully saturated rings. The van der Waals surface area contributed by atoms with Crippen LogP contribution in [0.4, 0.5) is 17.1 Å². The largest absolute Gasteiger partial charge is 0.308 e. The van der Waals surface area contributed by atoms with Crippen molar-refractivity contribution in [3.05, 3.63) is 191 Å². The minimum Gasteiger partial charge on any atom is -0.308 e. The van der Waals surface area contributed by atoms with Crippen molar-refractivity contribution in [3.8, 4) is 51.2 Å². The molecule has 8 heteroatoms. The fourth-order valence-corrected chi connectivity index (χ4v) is 7.60. The number of fused-ring (bicyclic) bond motifs is 4. The fraction of sp³-hybridized carbons (Fsp3) is 0. The summed E-state index contributed by atoms with van der Waals surface area (Å²) in [5, 5.41) is 21.0. The number of rotatable bonds is 5. The summed E-state index contributed by atoms with van der Waals surface area (Å²) in [5.74, 6) is -0.850. The van der Waals surface area contributed by atoms with Gasteiger partial charge in [-0.05, 0) is 118 Å². The second-order valence-corrected chi connectivity index (χ2v) is 13.3. The van der Waals surface area contributed by atoms with Gasteiger partial charge in [0.2, 0.25) is 0 Å². The van der Waals surface area contributed by atoms with Crippen molar-refractivity contribution in [2.75, 3.05) is 4.90 Å². The van der Waals surface area contributed by atoms with Crippen LogP contribution in [0.2, 0.25) is 0 Å². The maximum atomic E-state index is 14.6. The molecule has 2 heterocycles. The molecule has 1 aromatic heterocycles. The van der Waals surface area contributed by atoms with Crippen LogP contribution in [-0.4, -0.2) is 16.4 Å². The molecular formula is C48H24N6O2. The van der Waals surface area contributed by atoms with Gasteiger partial charge in [0.25, 0.3) is 11.8 Å². The van der Waals surface area contributed by atoms with Crippen LogP contribution in [0.5, 0.6) is 0 Å². The van der Waals surface area contributed by atoms with E-state index in [1.165, 1.54) is 4.90 Å². The lowest BCUT2D eigenvalue weighted by atomic mass is 9.98. The Morgan fingerprint density at radius 3 is 1.62 bits per heavy atom. The molecule has 1 aliphatic heterocycles. The van der Waals surface area contributed by atoms with Crippen molar-refractivity contribution in [2.45, 2.75) is 0 Å². The second kappa shape index (κ2) is 13.1. The number of imide groups is 1. The Balaban J connectivity index is 1.26. The molecule has 0 saturated heterocycles. The van der Waals surface area contributed by atoms with E-state index in [4.69, 9.17) is 13.1 Å². The Labute approximate surface area is 321 Å². The molecule has 0 unspecified atom stereocenters. The van der Waals surface area contributed by atoms with E-state index in [-0.39, 0.29) is 5.56 Å². The van der Waals surface area contributed by atoms with Crippen LogP contribution >= 0.6 is 0 Å². The summed E-state index contributed by atoms with van der Waals surface area (Å²) in [4.78, 5) is 37.1. The molecule has 7 aromatic carbocycles. The van der Waals surface area contributed by atoms with E-state index < -0.39 is 11.8 Å². The third kappa shape index (κ3) is 5.36. The van der Waals surface area contributed by atoms with E-state index in [2.05, 4.69) is 21.8 Å². The third-order valence-corrected chi connectivity index (χ3v) is 10.1. The zero-order valence-corrected chi connectivity index (χ0v) is 29.4. The summed E-state index contributed by atoms with van der Waals surface area (Å²) in [6.07, 6.45) is 0. The van der Waals surface area contributed by atoms with E-state index in [1.807, 2.05) is 95.6 Å². The first-order chi connectivity index (χ1) is 27.4. The molecule has 1 aliphatic rings. The van der Waals surface area contributed by atoms with Crippen LogP contribution in [0, 0.1) is 35.8 Å². The number of benzene rings is 7. The van der Waals surface area contributed by atoms with Crippen molar-refractivity contribution in [1.29, 1.82) is 10.5 Å². The standard InChI is InChI=1S/C48H24N6O2/c1-51-37-20-29(27-49)18-35(22-37)33-14-16-43-41(25-33)42-26-34(36-19-30(28-50)21-38(23-36)52-2)15-17-44(42)54(43)45-13-7-12-40-46(45)48(56)53(47(40)55)39-11-6-10-32(24-39)31-8-4-3-5-9-31/h3-26H. The van der Waals surface area contributed by atoms with Crippen LogP contribution in [0.25, 0.3) is 70.6 Å². The highest BCUT2D eigenvalue weighted by atomic mass is 16.2. The van der Waals surface area contributed by atoms with Crippen molar-refractivity contribution in [2.24, 2.45) is 0 Å². The quantitative estimate of drug-likeness (QED) is 0.131. The Morgan fingerprint density at radius 1 is 0.500 bits per heavy atom. The van der Waals surface area contributed by atoms with Crippen LogP contribution < -0.4 is 4.90 Å². The summed E-state index contributed by atoms with van der Waals surface area (Å²) >= 11 is 0. The number of amides is 2. The summed E-state index contributed by atoms with van der Waals surface area (Å²) in [6, 6.07) is 48.6. The summed E-state index contributed by atoms with van der Waals surface area (Å²) in [6.45, 7) is 15.2. The molecule has 2 amide bonds. The Hall–Kier alpha value is -8.56. The number of carbonyl (C=O) groups excluding carboxylic acids is 2. The van der Waals surface area contributed by atoms with Gasteiger partial charge in [-0.3, -0.25) is 9.59 Å². The number of carbonyl (C=O) groups is 2. The first-order valence-electron chi connectivity index (χ1n) is 17.5. The van der Waals surface area contributed by atoms with Crippen molar-refractivity contribution < 1.29 is 9.59 Å². The van der Waals surface area contributed by atoms with Crippen LogP contribution in [0.3, 0.4) is 0 Å². The molecular weight excluding hydrogens is 693 g/mol. The summed E-state index contributed by atoms with van der Waals surface area (Å²) in [7, 11) is 0. The van der Waals surface area contributed by atoms with E-state index in [0.717, 1.165) is 44.1 Å². The smallest absolute Gasteiger partial charge is 0.268 e. The molecule has 0 bridgehead atoms. The summed E-state index contributed by atoms with van der Waals surface area (Å²) < 4.78 is 1.98. The molecule has 56 heavy (non-hydrogen) atoms. The monoisotopic (exact) mass is 716 g/mol. The SMILES string of the molecule is [C-]#[N+]c1cc(C#N)cc(-c2ccc3c(c2)c2cc(-c4cc(C#N)cc([N+]#[C-])c4)ccc2n3-c2cccc3c2C(=O)N(c2cccc(-c4ccccc4)c2)C3=O)c1. The van der Waals surface area contributed by atoms with Crippen molar-refractivity contribution in [1.82, 2.24) is 4.57 Å². The van der Waals surface area contributed by atoms with Crippen LogP contribution in [-0.2, 0) is 0 Å². The maximum Gasteiger partial charge on any atom is 0.268 e. The van der Waals surface area contributed by atoms with Gasteiger partial charge in [-0.25, -0.2) is 14.6 Å². The average molecular weight is 717 g/mol. The zero-order valence-electron chi connectivity index (χ0n) is 29.4. The molecule has 0 aliphatic carbocycles. The lowest BCUT2D eigenvalue weighted by Crippen LogP contribution is -2.29. The first kappa shape index (κ1) is 33.3. The van der Waals surface area contributed by atoms with E-state index in [9.17, 15) is 20.1 Å². The minimum atomic E-state index is -0.436. The number of nitrogens with zero attached hydrogens (tertiary/aromatic N) is 6. The Bertz CT molecular complexity index is 2990. The Kier molecular flexibility index (Phi) is 7.81. The number of aromatic nitrogens is 1. The predicted molar refractivity (Wildman–Crippen MR) is 217 cm³/mol. The maximum absolute atomic E-state index is 14.6. The number of nitriles is 2. The van der Waals surface area contributed by atoms with Gasteiger partial charge in [0.05, 0.1) is 58.8 Å². The third-order valence-electron chi connectivity index (χ3n) is 10.1. The van der Waals surface area contributed by atoms with Gasteiger partial charge in [-0.1, -0.05) is 60.7 Å². The van der Waals surface area contributed by atoms with Gasteiger partial charge < -0.3 is 4.57 Å². The molecule has 258 valence electrons. The van der Waals surface area contributed by atoms with E-state index in [1.54, 1.807) is 54.6 Å². The van der Waals surface area contributed by atoms with Gasteiger partial charge in [0, 0.05) is 21.9 Å².